The molecule has 0 atom stereocenters. The molecule has 0 bridgehead atoms. The van der Waals surface area contributed by atoms with E-state index in [1.54, 1.807) is 0 Å². The number of hydrogen-bond donors (Lipinski definition) is 0. The summed E-state index contributed by atoms with van der Waals surface area (Å²) in [6.45, 7) is 4.49. The Kier molecular flexibility index (Phi) is 6.32. The number of unbranched alkanes of at least 4 members (excludes halogenated alkanes) is 1. The minimum atomic E-state index is 1.36. The van der Waals surface area contributed by atoms with E-state index in [0.717, 1.165) is 0 Å². The average molecular weight is 95.2 g/mol. The van der Waals surface area contributed by atoms with Gasteiger partial charge >= 0.3 is 47.7 Å². The molecule has 0 radical (unpaired) electrons. The number of rotatable bonds is 4. The number of hydrogen-bond acceptors (Lipinski definition) is 0. The zero-order valence-electron chi connectivity index (χ0n) is 5.54. The van der Waals surface area contributed by atoms with Gasteiger partial charge in [-0.3, -0.25) is 0 Å². The fourth-order valence-electron chi connectivity index (χ4n) is 0.677. The van der Waals surface area contributed by atoms with Crippen LogP contribution in [0.15, 0.2) is 0 Å². The Morgan fingerprint density at radius 1 is 1.29 bits per heavy atom. The third-order valence-corrected chi connectivity index (χ3v) is 1.21. The van der Waals surface area contributed by atoms with Gasteiger partial charge in [-0.25, -0.2) is 0 Å². The Hall–Kier alpha value is 0.169. The molecule has 0 unspecified atom stereocenters. The molecule has 0 aliphatic heterocycles. The molecule has 40 valence electrons. The van der Waals surface area contributed by atoms with Crippen molar-refractivity contribution < 1.29 is 0 Å². The maximum atomic E-state index is 2.25. The van der Waals surface area contributed by atoms with Gasteiger partial charge in [0.25, 0.3) is 0 Å². The van der Waals surface area contributed by atoms with Crippen molar-refractivity contribution >= 4 is 8.78 Å². The summed E-state index contributed by atoms with van der Waals surface area (Å²) in [5.41, 5.74) is 0. The molecule has 0 aliphatic rings. The van der Waals surface area contributed by atoms with E-state index in [1.165, 1.54) is 33.9 Å². The zero-order chi connectivity index (χ0) is 5.54. The van der Waals surface area contributed by atoms with Crippen molar-refractivity contribution in [2.75, 3.05) is 0 Å². The second-order valence-corrected chi connectivity index (χ2v) is 2.06. The van der Waals surface area contributed by atoms with E-state index in [9.17, 15) is 0 Å². The average Bonchev–Trinajstić information content (AvgIpc) is 1.69. The fourth-order valence-corrected chi connectivity index (χ4v) is 0.677. The third-order valence-electron chi connectivity index (χ3n) is 1.21. The molecule has 0 aliphatic carbocycles. The molecule has 0 aromatic heterocycles. The van der Waals surface area contributed by atoms with Crippen LogP contribution in [-0.4, -0.2) is 8.78 Å². The molecular formula is C6H14Be. The van der Waals surface area contributed by atoms with E-state index in [1.807, 2.05) is 0 Å². The summed E-state index contributed by atoms with van der Waals surface area (Å²) in [6.07, 6.45) is 5.58. The van der Waals surface area contributed by atoms with Crippen molar-refractivity contribution in [2.24, 2.45) is 0 Å². The minimum absolute atomic E-state index is 1.36. The van der Waals surface area contributed by atoms with E-state index >= 15 is 0 Å². The molecule has 0 aromatic rings. The first-order chi connectivity index (χ1) is 3.41. The molecule has 1 heteroatoms. The van der Waals surface area contributed by atoms with Crippen LogP contribution in [0.1, 0.15) is 26.7 Å². The second-order valence-electron chi connectivity index (χ2n) is 2.06. The van der Waals surface area contributed by atoms with Gasteiger partial charge in [0, 0.05) is 0 Å². The Balaban J connectivity index is 2.45. The molecule has 0 fully saturated rings. The van der Waals surface area contributed by atoms with Gasteiger partial charge in [-0.2, -0.15) is 0 Å². The van der Waals surface area contributed by atoms with Crippen LogP contribution in [-0.2, 0) is 0 Å². The summed E-state index contributed by atoms with van der Waals surface area (Å²) in [5, 5.41) is 0. The quantitative estimate of drug-likeness (QED) is 0.371. The molecule has 7 heavy (non-hydrogen) atoms. The van der Waals surface area contributed by atoms with E-state index in [4.69, 9.17) is 0 Å². The Labute approximate surface area is 48.6 Å². The monoisotopic (exact) mass is 95.1 g/mol. The molecular weight excluding hydrogens is 81.1 g/mol. The molecule has 0 N–H and O–H groups in total. The van der Waals surface area contributed by atoms with Crippen molar-refractivity contribution in [3.05, 3.63) is 0 Å². The summed E-state index contributed by atoms with van der Waals surface area (Å²) in [4.78, 5) is 0. The first-order valence-corrected chi connectivity index (χ1v) is 3.41. The maximum absolute atomic E-state index is 2.25. The van der Waals surface area contributed by atoms with Gasteiger partial charge in [-0.05, 0) is 0 Å². The van der Waals surface area contributed by atoms with Crippen LogP contribution in [0.5, 0.6) is 0 Å². The molecule has 0 nitrogen and oxygen atoms in total. The van der Waals surface area contributed by atoms with Gasteiger partial charge in [0.15, 0.2) is 0 Å². The molecule has 0 amide bonds. The molecule has 0 aromatic carbocycles. The summed E-state index contributed by atoms with van der Waals surface area (Å²) in [6, 6.07) is 0. The van der Waals surface area contributed by atoms with Crippen molar-refractivity contribution in [1.82, 2.24) is 0 Å². The van der Waals surface area contributed by atoms with Crippen LogP contribution in [0.3, 0.4) is 0 Å². The molecule has 0 saturated heterocycles. The molecule has 0 spiro atoms. The SMILES string of the molecule is C[CH2][Be][CH2]CCC. The Morgan fingerprint density at radius 2 is 2.00 bits per heavy atom. The van der Waals surface area contributed by atoms with Crippen molar-refractivity contribution in [3.8, 4) is 0 Å². The molecule has 0 rings (SSSR count). The normalized spacial score (nSPS) is 8.29. The summed E-state index contributed by atoms with van der Waals surface area (Å²) in [7, 11) is 1.42. The Morgan fingerprint density at radius 3 is 2.43 bits per heavy atom. The van der Waals surface area contributed by atoms with Crippen LogP contribution in [0.2, 0.25) is 12.3 Å². The summed E-state index contributed by atoms with van der Waals surface area (Å²) >= 11 is 0. The van der Waals surface area contributed by atoms with E-state index in [2.05, 4.69) is 13.8 Å². The van der Waals surface area contributed by atoms with E-state index < -0.39 is 0 Å². The van der Waals surface area contributed by atoms with Crippen molar-refractivity contribution in [1.29, 1.82) is 0 Å². The van der Waals surface area contributed by atoms with Gasteiger partial charge in [0.05, 0.1) is 0 Å². The van der Waals surface area contributed by atoms with Gasteiger partial charge in [-0.1, -0.05) is 0 Å². The first-order valence-electron chi connectivity index (χ1n) is 3.41. The fraction of sp³-hybridized carbons (Fsp3) is 1.00. The second kappa shape index (κ2) is 6.17. The Bertz CT molecular complexity index is 23.4. The predicted molar refractivity (Wildman–Crippen MR) is 35.9 cm³/mol. The summed E-state index contributed by atoms with van der Waals surface area (Å²) < 4.78 is 0. The van der Waals surface area contributed by atoms with Crippen LogP contribution in [0.4, 0.5) is 0 Å². The molecule has 0 heterocycles. The first kappa shape index (κ1) is 7.17. The standard InChI is InChI=1S/C4H9.C2H5.Be/c1-3-4-2;1-2;/h1,3-4H2,2H3;1H2,2H3;. The van der Waals surface area contributed by atoms with Gasteiger partial charge < -0.3 is 0 Å². The topological polar surface area (TPSA) is 0 Å². The predicted octanol–water partition coefficient (Wildman–Crippen LogP) is 2.35. The van der Waals surface area contributed by atoms with Crippen LogP contribution in [0.25, 0.3) is 0 Å². The van der Waals surface area contributed by atoms with Crippen molar-refractivity contribution in [3.63, 3.8) is 0 Å². The van der Waals surface area contributed by atoms with Crippen molar-refractivity contribution in [2.45, 2.75) is 39.0 Å². The third kappa shape index (κ3) is 6.17. The zero-order valence-corrected chi connectivity index (χ0v) is 5.54. The van der Waals surface area contributed by atoms with E-state index in [-0.39, 0.29) is 0 Å². The van der Waals surface area contributed by atoms with E-state index in [0.29, 0.717) is 0 Å². The van der Waals surface area contributed by atoms with Crippen LogP contribution >= 0.6 is 0 Å². The summed E-state index contributed by atoms with van der Waals surface area (Å²) in [5.74, 6) is 0. The molecule has 0 saturated carbocycles. The van der Waals surface area contributed by atoms with Gasteiger partial charge in [-0.15, -0.1) is 0 Å². The van der Waals surface area contributed by atoms with Gasteiger partial charge in [0.1, 0.15) is 0 Å². The van der Waals surface area contributed by atoms with Crippen LogP contribution < -0.4 is 0 Å². The van der Waals surface area contributed by atoms with Gasteiger partial charge in [0.2, 0.25) is 0 Å². The van der Waals surface area contributed by atoms with Crippen LogP contribution in [0, 0.1) is 0 Å².